The molecule has 0 aromatic carbocycles. The summed E-state index contributed by atoms with van der Waals surface area (Å²) in [5.41, 5.74) is 0. The van der Waals surface area contributed by atoms with Crippen LogP contribution in [0.3, 0.4) is 0 Å². The molecule has 3 rings (SSSR count). The van der Waals surface area contributed by atoms with Gasteiger partial charge in [-0.25, -0.2) is 9.97 Å². The maximum Gasteiger partial charge on any atom is 0.223 e. The van der Waals surface area contributed by atoms with Crippen LogP contribution in [0.4, 0.5) is 5.95 Å². The van der Waals surface area contributed by atoms with E-state index in [0.717, 1.165) is 12.1 Å². The Balaban J connectivity index is 1.63. The minimum absolute atomic E-state index is 0.500. The molecule has 5 nitrogen and oxygen atoms in total. The van der Waals surface area contributed by atoms with Crippen molar-refractivity contribution < 1.29 is 4.74 Å². The molecule has 2 aliphatic heterocycles. The number of piperidine rings is 2. The third-order valence-electron chi connectivity index (χ3n) is 4.54. The number of methoxy groups -OCH3 is 1. The topological polar surface area (TPSA) is 50.3 Å². The molecule has 0 radical (unpaired) electrons. The summed E-state index contributed by atoms with van der Waals surface area (Å²) in [5, 5.41) is 3.48. The predicted molar refractivity (Wildman–Crippen MR) is 74.4 cm³/mol. The van der Waals surface area contributed by atoms with E-state index >= 15 is 0 Å². The van der Waals surface area contributed by atoms with Crippen molar-refractivity contribution in [3.8, 4) is 5.75 Å². The molecule has 2 saturated heterocycles. The van der Waals surface area contributed by atoms with Gasteiger partial charge < -0.3 is 15.0 Å². The highest BCUT2D eigenvalue weighted by atomic mass is 16.5. The van der Waals surface area contributed by atoms with Crippen LogP contribution in [0.1, 0.15) is 32.1 Å². The fourth-order valence-corrected chi connectivity index (χ4v) is 3.41. The predicted octanol–water partition coefficient (Wildman–Crippen LogP) is 1.91. The number of ether oxygens (including phenoxy) is 1. The van der Waals surface area contributed by atoms with E-state index in [-0.39, 0.29) is 0 Å². The van der Waals surface area contributed by atoms with Crippen LogP contribution in [0.5, 0.6) is 5.75 Å². The number of nitrogens with one attached hydrogen (secondary N) is 1. The Kier molecular flexibility index (Phi) is 3.55. The first-order chi connectivity index (χ1) is 9.26. The molecule has 104 valence electrons. The first-order valence-corrected chi connectivity index (χ1v) is 7.11. The van der Waals surface area contributed by atoms with E-state index in [2.05, 4.69) is 27.2 Å². The van der Waals surface area contributed by atoms with Crippen LogP contribution in [0.15, 0.2) is 12.4 Å². The van der Waals surface area contributed by atoms with Crippen molar-refractivity contribution in [2.45, 2.75) is 50.2 Å². The first-order valence-electron chi connectivity index (χ1n) is 7.11. The molecule has 0 amide bonds. The van der Waals surface area contributed by atoms with Crippen molar-refractivity contribution in [2.75, 3.05) is 19.5 Å². The Bertz CT molecular complexity index is 408. The Morgan fingerprint density at radius 3 is 2.42 bits per heavy atom. The molecule has 19 heavy (non-hydrogen) atoms. The van der Waals surface area contributed by atoms with Gasteiger partial charge in [-0.1, -0.05) is 6.42 Å². The van der Waals surface area contributed by atoms with Crippen molar-refractivity contribution in [3.05, 3.63) is 12.4 Å². The van der Waals surface area contributed by atoms with E-state index in [1.807, 2.05) is 0 Å². The van der Waals surface area contributed by atoms with E-state index in [0.29, 0.717) is 17.7 Å². The highest BCUT2D eigenvalue weighted by Crippen LogP contribution is 2.33. The molecule has 3 heterocycles. The highest BCUT2D eigenvalue weighted by molar-refractivity contribution is 5.29. The zero-order chi connectivity index (χ0) is 13.2. The molecule has 2 atom stereocenters. The second-order valence-electron chi connectivity index (χ2n) is 5.66. The fourth-order valence-electron chi connectivity index (χ4n) is 3.41. The lowest BCUT2D eigenvalue weighted by atomic mass is 9.82. The highest BCUT2D eigenvalue weighted by Gasteiger charge is 2.36. The van der Waals surface area contributed by atoms with E-state index < -0.39 is 0 Å². The summed E-state index contributed by atoms with van der Waals surface area (Å²) in [6.07, 6.45) is 9.86. The molecule has 1 N–H and O–H groups in total. The summed E-state index contributed by atoms with van der Waals surface area (Å²) in [6, 6.07) is 1.95. The van der Waals surface area contributed by atoms with Gasteiger partial charge in [-0.15, -0.1) is 0 Å². The molecule has 2 fully saturated rings. The number of hydrogen-bond acceptors (Lipinski definition) is 5. The van der Waals surface area contributed by atoms with E-state index in [4.69, 9.17) is 4.74 Å². The van der Waals surface area contributed by atoms with Crippen molar-refractivity contribution in [1.29, 1.82) is 0 Å². The Labute approximate surface area is 114 Å². The molecule has 2 bridgehead atoms. The van der Waals surface area contributed by atoms with Crippen LogP contribution in [0, 0.1) is 0 Å². The molecule has 0 saturated carbocycles. The third kappa shape index (κ3) is 2.66. The van der Waals surface area contributed by atoms with Crippen LogP contribution in [0.25, 0.3) is 0 Å². The number of fused-ring (bicyclic) bond motifs is 2. The summed E-state index contributed by atoms with van der Waals surface area (Å²) in [5.74, 6) is 1.42. The lowest BCUT2D eigenvalue weighted by Gasteiger charge is -2.47. The van der Waals surface area contributed by atoms with Crippen LogP contribution in [-0.2, 0) is 0 Å². The fraction of sp³-hybridized carbons (Fsp3) is 0.714. The SMILES string of the molecule is COc1cnc(NC2CC3CCCC(C2)N3C)nc1. The number of anilines is 1. The summed E-state index contributed by atoms with van der Waals surface area (Å²) in [6.45, 7) is 0. The van der Waals surface area contributed by atoms with Gasteiger partial charge >= 0.3 is 0 Å². The van der Waals surface area contributed by atoms with Gasteiger partial charge in [0, 0.05) is 18.1 Å². The van der Waals surface area contributed by atoms with Gasteiger partial charge in [-0.3, -0.25) is 0 Å². The average Bonchev–Trinajstić information content (AvgIpc) is 2.41. The molecule has 0 spiro atoms. The van der Waals surface area contributed by atoms with Crippen LogP contribution in [-0.4, -0.2) is 47.2 Å². The van der Waals surface area contributed by atoms with Crippen molar-refractivity contribution in [1.82, 2.24) is 14.9 Å². The summed E-state index contributed by atoms with van der Waals surface area (Å²) in [7, 11) is 3.90. The maximum absolute atomic E-state index is 5.07. The van der Waals surface area contributed by atoms with Crippen LogP contribution < -0.4 is 10.1 Å². The summed E-state index contributed by atoms with van der Waals surface area (Å²) >= 11 is 0. The molecule has 1 aromatic rings. The normalized spacial score (nSPS) is 30.9. The summed E-state index contributed by atoms with van der Waals surface area (Å²) < 4.78 is 5.07. The van der Waals surface area contributed by atoms with E-state index in [1.54, 1.807) is 19.5 Å². The van der Waals surface area contributed by atoms with Gasteiger partial charge in [0.2, 0.25) is 5.95 Å². The van der Waals surface area contributed by atoms with E-state index in [1.165, 1.54) is 32.1 Å². The molecule has 0 aliphatic carbocycles. The lowest BCUT2D eigenvalue weighted by molar-refractivity contribution is 0.0607. The largest absolute Gasteiger partial charge is 0.494 e. The van der Waals surface area contributed by atoms with E-state index in [9.17, 15) is 0 Å². The zero-order valence-corrected chi connectivity index (χ0v) is 11.7. The number of hydrogen-bond donors (Lipinski definition) is 1. The Morgan fingerprint density at radius 2 is 1.84 bits per heavy atom. The molecular weight excluding hydrogens is 240 g/mol. The van der Waals surface area contributed by atoms with Gasteiger partial charge in [-0.2, -0.15) is 0 Å². The van der Waals surface area contributed by atoms with Crippen molar-refractivity contribution in [2.24, 2.45) is 0 Å². The minimum Gasteiger partial charge on any atom is -0.494 e. The van der Waals surface area contributed by atoms with Gasteiger partial charge in [0.25, 0.3) is 0 Å². The van der Waals surface area contributed by atoms with Gasteiger partial charge in [0.15, 0.2) is 5.75 Å². The standard InChI is InChI=1S/C14H22N4O/c1-18-11-4-3-5-12(18)7-10(6-11)17-14-15-8-13(19-2)9-16-14/h8-12H,3-7H2,1-2H3,(H,15,16,17). The molecule has 2 unspecified atom stereocenters. The smallest absolute Gasteiger partial charge is 0.223 e. The third-order valence-corrected chi connectivity index (χ3v) is 4.54. The van der Waals surface area contributed by atoms with Crippen LogP contribution in [0.2, 0.25) is 0 Å². The second-order valence-corrected chi connectivity index (χ2v) is 5.66. The second kappa shape index (κ2) is 5.33. The molecular formula is C14H22N4O. The quantitative estimate of drug-likeness (QED) is 0.902. The monoisotopic (exact) mass is 262 g/mol. The Hall–Kier alpha value is -1.36. The lowest BCUT2D eigenvalue weighted by Crippen LogP contribution is -2.52. The maximum atomic E-state index is 5.07. The van der Waals surface area contributed by atoms with Crippen molar-refractivity contribution in [3.63, 3.8) is 0 Å². The zero-order valence-electron chi connectivity index (χ0n) is 11.7. The molecule has 2 aliphatic rings. The Morgan fingerprint density at radius 1 is 1.21 bits per heavy atom. The molecule has 1 aromatic heterocycles. The number of nitrogens with zero attached hydrogens (tertiary/aromatic N) is 3. The first kappa shape index (κ1) is 12.7. The number of aromatic nitrogens is 2. The average molecular weight is 262 g/mol. The van der Waals surface area contributed by atoms with Gasteiger partial charge in [0.05, 0.1) is 19.5 Å². The minimum atomic E-state index is 0.500. The van der Waals surface area contributed by atoms with Gasteiger partial charge in [0.1, 0.15) is 0 Å². The van der Waals surface area contributed by atoms with Gasteiger partial charge in [-0.05, 0) is 32.7 Å². The molecule has 5 heteroatoms. The van der Waals surface area contributed by atoms with Crippen LogP contribution >= 0.6 is 0 Å². The number of rotatable bonds is 3. The van der Waals surface area contributed by atoms with Crippen molar-refractivity contribution >= 4 is 5.95 Å². The summed E-state index contributed by atoms with van der Waals surface area (Å²) in [4.78, 5) is 11.2.